The average Bonchev–Trinajstić information content (AvgIpc) is 2.43. The highest BCUT2D eigenvalue weighted by atomic mass is 35.5. The first kappa shape index (κ1) is 18.3. The Morgan fingerprint density at radius 2 is 2.09 bits per heavy atom. The molecular formula is C16H22ClNO4. The number of carboxylic acid groups (broad SMARTS) is 1. The Balaban J connectivity index is 2.88. The number of carbonyl (C=O) groups excluding carboxylic acids is 1. The molecule has 5 nitrogen and oxygen atoms in total. The maximum atomic E-state index is 10.5. The Morgan fingerprint density at radius 3 is 2.68 bits per heavy atom. The molecule has 0 radical (unpaired) electrons. The van der Waals surface area contributed by atoms with E-state index >= 15 is 0 Å². The number of hydrogen-bond acceptors (Lipinski definition) is 4. The van der Waals surface area contributed by atoms with E-state index in [1.165, 1.54) is 11.0 Å². The van der Waals surface area contributed by atoms with Crippen LogP contribution in [-0.2, 0) is 4.79 Å². The normalized spacial score (nSPS) is 11.1. The molecule has 0 heterocycles. The van der Waals surface area contributed by atoms with Crippen molar-refractivity contribution in [1.82, 2.24) is 0 Å². The van der Waals surface area contributed by atoms with E-state index in [4.69, 9.17) is 21.1 Å². The van der Waals surface area contributed by atoms with Gasteiger partial charge >= 0.3 is 0 Å². The molecule has 0 bridgehead atoms. The van der Waals surface area contributed by atoms with Gasteiger partial charge in [0.05, 0.1) is 44.8 Å². The van der Waals surface area contributed by atoms with Crippen LogP contribution in [0.1, 0.15) is 18.9 Å². The second-order valence-electron chi connectivity index (χ2n) is 5.07. The molecule has 0 aliphatic heterocycles. The summed E-state index contributed by atoms with van der Waals surface area (Å²) in [4.78, 5) is 11.8. The molecule has 0 atom stereocenters. The van der Waals surface area contributed by atoms with Crippen molar-refractivity contribution >= 4 is 23.6 Å². The first-order valence-electron chi connectivity index (χ1n) is 7.21. The second-order valence-corrected chi connectivity index (χ2v) is 5.48. The molecule has 0 fully saturated rings. The lowest BCUT2D eigenvalue weighted by atomic mass is 10.2. The number of carboxylic acids is 1. The number of benzene rings is 1. The maximum Gasteiger partial charge on any atom is 0.179 e. The number of carbonyl (C=O) groups is 1. The van der Waals surface area contributed by atoms with E-state index < -0.39 is 5.97 Å². The fourth-order valence-corrected chi connectivity index (χ4v) is 2.13. The molecule has 0 amide bonds. The Hall–Kier alpha value is -1.72. The second kappa shape index (κ2) is 9.33. The van der Waals surface area contributed by atoms with Crippen LogP contribution in [0.25, 0.3) is 6.08 Å². The van der Waals surface area contributed by atoms with Crippen LogP contribution in [0.15, 0.2) is 18.2 Å². The molecule has 122 valence electrons. The van der Waals surface area contributed by atoms with E-state index in [9.17, 15) is 9.90 Å². The quantitative estimate of drug-likeness (QED) is 0.527. The summed E-state index contributed by atoms with van der Waals surface area (Å²) in [6.45, 7) is 3.85. The summed E-state index contributed by atoms with van der Waals surface area (Å²) < 4.78 is 11.3. The predicted octanol–water partition coefficient (Wildman–Crippen LogP) is 0.415. The van der Waals surface area contributed by atoms with Crippen molar-refractivity contribution in [3.63, 3.8) is 0 Å². The zero-order valence-corrected chi connectivity index (χ0v) is 13.9. The smallest absolute Gasteiger partial charge is 0.179 e. The molecule has 6 heteroatoms. The highest BCUT2D eigenvalue weighted by Crippen LogP contribution is 2.37. The van der Waals surface area contributed by atoms with E-state index in [1.807, 2.05) is 6.92 Å². The number of rotatable bonds is 9. The van der Waals surface area contributed by atoms with Gasteiger partial charge in [-0.2, -0.15) is 0 Å². The van der Waals surface area contributed by atoms with Crippen molar-refractivity contribution in [2.75, 3.05) is 33.9 Å². The molecule has 0 saturated heterocycles. The van der Waals surface area contributed by atoms with Gasteiger partial charge in [0, 0.05) is 6.42 Å². The van der Waals surface area contributed by atoms with Gasteiger partial charge in [-0.25, -0.2) is 0 Å². The van der Waals surface area contributed by atoms with Gasteiger partial charge in [0.1, 0.15) is 0 Å². The summed E-state index contributed by atoms with van der Waals surface area (Å²) in [6, 6.07) is 3.33. The minimum absolute atomic E-state index is 0.390. The van der Waals surface area contributed by atoms with Crippen molar-refractivity contribution in [3.8, 4) is 11.5 Å². The molecule has 0 aromatic heterocycles. The molecule has 0 saturated carbocycles. The Labute approximate surface area is 136 Å². The van der Waals surface area contributed by atoms with Crippen molar-refractivity contribution < 1.29 is 24.3 Å². The minimum atomic E-state index is -1.26. The van der Waals surface area contributed by atoms with Crippen LogP contribution >= 0.6 is 11.6 Å². The zero-order valence-electron chi connectivity index (χ0n) is 13.1. The molecule has 0 aliphatic rings. The third-order valence-corrected chi connectivity index (χ3v) is 3.09. The topological polar surface area (TPSA) is 63.0 Å². The lowest BCUT2D eigenvalue weighted by molar-refractivity contribution is -0.858. The van der Waals surface area contributed by atoms with Gasteiger partial charge in [-0.3, -0.25) is 0 Å². The molecule has 22 heavy (non-hydrogen) atoms. The van der Waals surface area contributed by atoms with E-state index in [0.717, 1.165) is 19.0 Å². The molecule has 1 aromatic rings. The number of aliphatic carboxylic acids is 1. The average molecular weight is 328 g/mol. The molecule has 1 N–H and O–H groups in total. The van der Waals surface area contributed by atoms with Gasteiger partial charge in [0.2, 0.25) is 0 Å². The maximum absolute atomic E-state index is 10.5. The van der Waals surface area contributed by atoms with Gasteiger partial charge in [0.15, 0.2) is 11.5 Å². The minimum Gasteiger partial charge on any atom is -0.545 e. The van der Waals surface area contributed by atoms with Gasteiger partial charge < -0.3 is 24.3 Å². The highest BCUT2D eigenvalue weighted by molar-refractivity contribution is 6.32. The number of hydrogen-bond donors (Lipinski definition) is 1. The highest BCUT2D eigenvalue weighted by Gasteiger charge is 2.12. The van der Waals surface area contributed by atoms with E-state index in [0.29, 0.717) is 35.3 Å². The Kier molecular flexibility index (Phi) is 7.77. The number of nitrogens with one attached hydrogen (secondary N) is 1. The Morgan fingerprint density at radius 1 is 1.36 bits per heavy atom. The molecule has 1 rings (SSSR count). The van der Waals surface area contributed by atoms with Crippen molar-refractivity contribution in [1.29, 1.82) is 0 Å². The summed E-state index contributed by atoms with van der Waals surface area (Å²) in [5, 5.41) is 10.9. The SMILES string of the molecule is CCOc1cc(/C=C/C(=O)[O-])cc(Cl)c1OCCC[NH+](C)C. The first-order valence-corrected chi connectivity index (χ1v) is 7.59. The summed E-state index contributed by atoms with van der Waals surface area (Å²) in [5.74, 6) is -0.270. The van der Waals surface area contributed by atoms with Gasteiger partial charge in [-0.1, -0.05) is 17.7 Å². The van der Waals surface area contributed by atoms with Crippen LogP contribution in [0.2, 0.25) is 5.02 Å². The van der Waals surface area contributed by atoms with E-state index in [2.05, 4.69) is 14.1 Å². The largest absolute Gasteiger partial charge is 0.545 e. The van der Waals surface area contributed by atoms with Crippen LogP contribution in [0.4, 0.5) is 0 Å². The lowest BCUT2D eigenvalue weighted by Crippen LogP contribution is -3.05. The van der Waals surface area contributed by atoms with Gasteiger partial charge in [-0.05, 0) is 30.7 Å². The molecule has 1 aromatic carbocycles. The van der Waals surface area contributed by atoms with Gasteiger partial charge in [0.25, 0.3) is 0 Å². The first-order chi connectivity index (χ1) is 10.4. The standard InChI is InChI=1S/C16H22ClNO4/c1-4-21-14-11-12(6-7-15(19)20)10-13(17)16(14)22-9-5-8-18(2)3/h6-7,10-11H,4-5,8-9H2,1-3H3,(H,19,20)/b7-6+. The van der Waals surface area contributed by atoms with Crippen LogP contribution < -0.4 is 19.5 Å². The van der Waals surface area contributed by atoms with Crippen LogP contribution in [0.5, 0.6) is 11.5 Å². The summed E-state index contributed by atoms with van der Waals surface area (Å²) in [5.41, 5.74) is 0.614. The summed E-state index contributed by atoms with van der Waals surface area (Å²) in [6.07, 6.45) is 3.25. The van der Waals surface area contributed by atoms with Crippen molar-refractivity contribution in [2.45, 2.75) is 13.3 Å². The van der Waals surface area contributed by atoms with Gasteiger partial charge in [-0.15, -0.1) is 0 Å². The van der Waals surface area contributed by atoms with Crippen molar-refractivity contribution in [3.05, 3.63) is 28.8 Å². The number of halogens is 1. The van der Waals surface area contributed by atoms with Crippen LogP contribution in [0, 0.1) is 0 Å². The molecule has 0 aliphatic carbocycles. The van der Waals surface area contributed by atoms with E-state index in [-0.39, 0.29) is 0 Å². The lowest BCUT2D eigenvalue weighted by Gasteiger charge is -2.15. The summed E-state index contributed by atoms with van der Waals surface area (Å²) in [7, 11) is 4.16. The van der Waals surface area contributed by atoms with Crippen molar-refractivity contribution in [2.24, 2.45) is 0 Å². The third kappa shape index (κ3) is 6.37. The Bertz CT molecular complexity index is 529. The molecular weight excluding hydrogens is 306 g/mol. The fourth-order valence-electron chi connectivity index (χ4n) is 1.85. The summed E-state index contributed by atoms with van der Waals surface area (Å²) >= 11 is 6.22. The van der Waals surface area contributed by atoms with Crippen LogP contribution in [-0.4, -0.2) is 39.8 Å². The monoisotopic (exact) mass is 327 g/mol. The number of quaternary nitrogens is 1. The fraction of sp³-hybridized carbons (Fsp3) is 0.438. The van der Waals surface area contributed by atoms with E-state index in [1.54, 1.807) is 12.1 Å². The van der Waals surface area contributed by atoms with Crippen LogP contribution in [0.3, 0.4) is 0 Å². The zero-order chi connectivity index (χ0) is 16.5. The molecule has 0 spiro atoms. The predicted molar refractivity (Wildman–Crippen MR) is 84.5 cm³/mol. The third-order valence-electron chi connectivity index (χ3n) is 2.81. The molecule has 0 unspecified atom stereocenters. The number of ether oxygens (including phenoxy) is 2.